The van der Waals surface area contributed by atoms with E-state index in [1.807, 2.05) is 44.2 Å². The van der Waals surface area contributed by atoms with Gasteiger partial charge in [0, 0.05) is 19.0 Å². The van der Waals surface area contributed by atoms with E-state index in [0.29, 0.717) is 37.0 Å². The minimum Gasteiger partial charge on any atom is -0.491 e. The minimum atomic E-state index is -0.0855. The van der Waals surface area contributed by atoms with Crippen LogP contribution in [0.25, 0.3) is 11.5 Å². The summed E-state index contributed by atoms with van der Waals surface area (Å²) in [6, 6.07) is 11.5. The number of nitrogens with one attached hydrogen (secondary N) is 1. The van der Waals surface area contributed by atoms with Crippen LogP contribution in [0.15, 0.2) is 47.1 Å². The van der Waals surface area contributed by atoms with Crippen molar-refractivity contribution in [2.45, 2.75) is 26.7 Å². The van der Waals surface area contributed by atoms with Crippen LogP contribution in [0.1, 0.15) is 23.4 Å². The predicted octanol–water partition coefficient (Wildman–Crippen LogP) is 2.88. The van der Waals surface area contributed by atoms with Crippen LogP contribution in [0, 0.1) is 13.8 Å². The standard InChI is InChI=1S/C20H22N4O3/c1-14-6-5-7-15(2)19(14)26-13-12-22-17(25)9-10-18-23-20(24-27-18)16-8-3-4-11-21-16/h3-8,11H,9-10,12-13H2,1-2H3,(H,22,25). The average Bonchev–Trinajstić information content (AvgIpc) is 3.15. The van der Waals surface area contributed by atoms with Crippen molar-refractivity contribution < 1.29 is 14.1 Å². The first-order valence-corrected chi connectivity index (χ1v) is 8.83. The Labute approximate surface area is 157 Å². The van der Waals surface area contributed by atoms with Crippen LogP contribution in [0.2, 0.25) is 0 Å². The van der Waals surface area contributed by atoms with Gasteiger partial charge in [-0.3, -0.25) is 9.78 Å². The lowest BCUT2D eigenvalue weighted by molar-refractivity contribution is -0.121. The maximum absolute atomic E-state index is 12.0. The molecular weight excluding hydrogens is 344 g/mol. The van der Waals surface area contributed by atoms with Crippen molar-refractivity contribution in [3.63, 3.8) is 0 Å². The van der Waals surface area contributed by atoms with Gasteiger partial charge in [0.25, 0.3) is 0 Å². The number of aromatic nitrogens is 3. The molecule has 140 valence electrons. The number of rotatable bonds is 8. The molecule has 7 nitrogen and oxygen atoms in total. The molecule has 0 unspecified atom stereocenters. The average molecular weight is 366 g/mol. The number of pyridine rings is 1. The predicted molar refractivity (Wildman–Crippen MR) is 100 cm³/mol. The van der Waals surface area contributed by atoms with Gasteiger partial charge in [-0.25, -0.2) is 0 Å². The van der Waals surface area contributed by atoms with Gasteiger partial charge >= 0.3 is 0 Å². The van der Waals surface area contributed by atoms with Gasteiger partial charge in [0.15, 0.2) is 0 Å². The largest absolute Gasteiger partial charge is 0.491 e. The second-order valence-electron chi connectivity index (χ2n) is 6.15. The number of carbonyl (C=O) groups excluding carboxylic acids is 1. The van der Waals surface area contributed by atoms with E-state index < -0.39 is 0 Å². The van der Waals surface area contributed by atoms with Crippen molar-refractivity contribution in [2.75, 3.05) is 13.2 Å². The fraction of sp³-hybridized carbons (Fsp3) is 0.300. The molecule has 2 aromatic heterocycles. The Kier molecular flexibility index (Phi) is 6.14. The molecule has 7 heteroatoms. The maximum Gasteiger partial charge on any atom is 0.227 e. The molecule has 0 radical (unpaired) electrons. The van der Waals surface area contributed by atoms with Crippen LogP contribution in [0.4, 0.5) is 0 Å². The summed E-state index contributed by atoms with van der Waals surface area (Å²) in [6.07, 6.45) is 2.32. The molecule has 0 atom stereocenters. The molecule has 1 amide bonds. The number of hydrogen-bond donors (Lipinski definition) is 1. The fourth-order valence-electron chi connectivity index (χ4n) is 2.63. The van der Waals surface area contributed by atoms with E-state index in [1.54, 1.807) is 12.3 Å². The molecule has 0 aliphatic rings. The van der Waals surface area contributed by atoms with Crippen molar-refractivity contribution in [1.82, 2.24) is 20.4 Å². The third-order valence-electron chi connectivity index (χ3n) is 4.01. The van der Waals surface area contributed by atoms with Crippen molar-refractivity contribution >= 4 is 5.91 Å². The third-order valence-corrected chi connectivity index (χ3v) is 4.01. The Hall–Kier alpha value is -3.22. The summed E-state index contributed by atoms with van der Waals surface area (Å²) in [5, 5.41) is 6.72. The molecule has 0 spiro atoms. The van der Waals surface area contributed by atoms with Crippen LogP contribution >= 0.6 is 0 Å². The number of benzene rings is 1. The Bertz CT molecular complexity index is 873. The highest BCUT2D eigenvalue weighted by atomic mass is 16.5. The van der Waals surface area contributed by atoms with Crippen molar-refractivity contribution in [1.29, 1.82) is 0 Å². The molecular formula is C20H22N4O3. The number of nitrogens with zero attached hydrogens (tertiary/aromatic N) is 3. The van der Waals surface area contributed by atoms with Crippen LogP contribution in [-0.4, -0.2) is 34.2 Å². The Morgan fingerprint density at radius 2 is 1.96 bits per heavy atom. The van der Waals surface area contributed by atoms with Gasteiger partial charge in [-0.15, -0.1) is 0 Å². The summed E-state index contributed by atoms with van der Waals surface area (Å²) in [5.74, 6) is 1.63. The van der Waals surface area contributed by atoms with Gasteiger partial charge in [0.1, 0.15) is 18.1 Å². The van der Waals surface area contributed by atoms with Crippen LogP contribution in [-0.2, 0) is 11.2 Å². The zero-order valence-electron chi connectivity index (χ0n) is 15.4. The first-order valence-electron chi connectivity index (χ1n) is 8.83. The normalized spacial score (nSPS) is 10.6. The highest BCUT2D eigenvalue weighted by Gasteiger charge is 2.11. The van der Waals surface area contributed by atoms with Crippen LogP contribution < -0.4 is 10.1 Å². The summed E-state index contributed by atoms with van der Waals surface area (Å²) < 4.78 is 10.9. The van der Waals surface area contributed by atoms with E-state index >= 15 is 0 Å². The molecule has 2 heterocycles. The molecule has 27 heavy (non-hydrogen) atoms. The summed E-state index contributed by atoms with van der Waals surface area (Å²) in [7, 11) is 0. The summed E-state index contributed by atoms with van der Waals surface area (Å²) in [4.78, 5) is 20.4. The lowest BCUT2D eigenvalue weighted by Crippen LogP contribution is -2.28. The molecule has 1 N–H and O–H groups in total. The quantitative estimate of drug-likeness (QED) is 0.617. The van der Waals surface area contributed by atoms with E-state index in [9.17, 15) is 4.79 Å². The van der Waals surface area contributed by atoms with E-state index in [2.05, 4.69) is 20.4 Å². The Morgan fingerprint density at radius 3 is 2.70 bits per heavy atom. The lowest BCUT2D eigenvalue weighted by Gasteiger charge is -2.12. The van der Waals surface area contributed by atoms with Crippen LogP contribution in [0.3, 0.4) is 0 Å². The van der Waals surface area contributed by atoms with Crippen molar-refractivity contribution in [3.8, 4) is 17.3 Å². The Balaban J connectivity index is 1.40. The maximum atomic E-state index is 12.0. The van der Waals surface area contributed by atoms with Gasteiger partial charge in [-0.2, -0.15) is 4.98 Å². The molecule has 0 bridgehead atoms. The van der Waals surface area contributed by atoms with E-state index in [1.165, 1.54) is 0 Å². The smallest absolute Gasteiger partial charge is 0.227 e. The number of para-hydroxylation sites is 1. The highest BCUT2D eigenvalue weighted by molar-refractivity contribution is 5.76. The van der Waals surface area contributed by atoms with E-state index in [4.69, 9.17) is 9.26 Å². The van der Waals surface area contributed by atoms with Gasteiger partial charge < -0.3 is 14.6 Å². The molecule has 0 saturated heterocycles. The molecule has 1 aromatic carbocycles. The highest BCUT2D eigenvalue weighted by Crippen LogP contribution is 2.21. The van der Waals surface area contributed by atoms with Gasteiger partial charge in [-0.05, 0) is 37.1 Å². The SMILES string of the molecule is Cc1cccc(C)c1OCCNC(=O)CCc1nc(-c2ccccn2)no1. The first-order chi connectivity index (χ1) is 13.1. The van der Waals surface area contributed by atoms with Crippen molar-refractivity contribution in [3.05, 3.63) is 59.6 Å². The number of amides is 1. The fourth-order valence-corrected chi connectivity index (χ4v) is 2.63. The number of carbonyl (C=O) groups is 1. The topological polar surface area (TPSA) is 90.1 Å². The molecule has 0 aliphatic carbocycles. The van der Waals surface area contributed by atoms with Gasteiger partial charge in [0.2, 0.25) is 17.6 Å². The second-order valence-corrected chi connectivity index (χ2v) is 6.15. The van der Waals surface area contributed by atoms with Gasteiger partial charge in [0.05, 0.1) is 6.54 Å². The summed E-state index contributed by atoms with van der Waals surface area (Å²) in [6.45, 7) is 4.87. The molecule has 0 saturated carbocycles. The monoisotopic (exact) mass is 366 g/mol. The molecule has 0 aliphatic heterocycles. The number of hydrogen-bond acceptors (Lipinski definition) is 6. The first kappa shape index (κ1) is 18.6. The van der Waals surface area contributed by atoms with Crippen molar-refractivity contribution in [2.24, 2.45) is 0 Å². The summed E-state index contributed by atoms with van der Waals surface area (Å²) in [5.41, 5.74) is 2.81. The van der Waals surface area contributed by atoms with Gasteiger partial charge in [-0.1, -0.05) is 29.4 Å². The molecule has 3 rings (SSSR count). The number of aryl methyl sites for hydroxylation is 3. The van der Waals surface area contributed by atoms with Crippen LogP contribution in [0.5, 0.6) is 5.75 Å². The number of ether oxygens (including phenoxy) is 1. The minimum absolute atomic E-state index is 0.0855. The second kappa shape index (κ2) is 8.93. The third kappa shape index (κ3) is 5.13. The zero-order chi connectivity index (χ0) is 19.1. The molecule has 3 aromatic rings. The lowest BCUT2D eigenvalue weighted by atomic mass is 10.1. The Morgan fingerprint density at radius 1 is 1.15 bits per heavy atom. The van der Waals surface area contributed by atoms with E-state index in [-0.39, 0.29) is 12.3 Å². The zero-order valence-corrected chi connectivity index (χ0v) is 15.4. The summed E-state index contributed by atoms with van der Waals surface area (Å²) >= 11 is 0. The van der Waals surface area contributed by atoms with E-state index in [0.717, 1.165) is 16.9 Å². The molecule has 0 fully saturated rings.